The molecule has 0 spiro atoms. The highest BCUT2D eigenvalue weighted by molar-refractivity contribution is 9.10. The van der Waals surface area contributed by atoms with Crippen molar-refractivity contribution in [1.29, 1.82) is 0 Å². The number of halogens is 1. The summed E-state index contributed by atoms with van der Waals surface area (Å²) in [6.45, 7) is 0.497. The molecule has 0 saturated heterocycles. The van der Waals surface area contributed by atoms with Gasteiger partial charge in [-0.15, -0.1) is 0 Å². The summed E-state index contributed by atoms with van der Waals surface area (Å²) in [5.74, 6) is -0.121. The van der Waals surface area contributed by atoms with Gasteiger partial charge in [-0.25, -0.2) is 0 Å². The predicted octanol–water partition coefficient (Wildman–Crippen LogP) is 3.63. The second kappa shape index (κ2) is 6.93. The number of fused-ring (bicyclic) bond motifs is 1. The number of amides is 1. The van der Waals surface area contributed by atoms with E-state index in [2.05, 4.69) is 20.9 Å². The molecule has 0 saturated carbocycles. The minimum absolute atomic E-state index is 0.121. The summed E-state index contributed by atoms with van der Waals surface area (Å²) in [6.07, 6.45) is 0. The second-order valence-electron chi connectivity index (χ2n) is 5.84. The molecule has 128 valence electrons. The third-order valence-electron chi connectivity index (χ3n) is 4.03. The van der Waals surface area contributed by atoms with Gasteiger partial charge in [-0.3, -0.25) is 14.2 Å². The van der Waals surface area contributed by atoms with Crippen LogP contribution in [0.25, 0.3) is 10.9 Å². The summed E-state index contributed by atoms with van der Waals surface area (Å²) in [7, 11) is 3.37. The van der Waals surface area contributed by atoms with Crippen molar-refractivity contribution in [3.05, 3.63) is 73.2 Å². The third kappa shape index (κ3) is 3.57. The molecule has 0 fully saturated rings. The zero-order chi connectivity index (χ0) is 18.1. The van der Waals surface area contributed by atoms with Crippen LogP contribution in [0.15, 0.2) is 51.7 Å². The highest BCUT2D eigenvalue weighted by Gasteiger charge is 2.14. The van der Waals surface area contributed by atoms with Crippen LogP contribution >= 0.6 is 28.1 Å². The number of nitrogens with one attached hydrogen (secondary N) is 1. The lowest BCUT2D eigenvalue weighted by atomic mass is 10.1. The monoisotopic (exact) mass is 417 g/mol. The van der Waals surface area contributed by atoms with E-state index in [4.69, 9.17) is 12.2 Å². The smallest absolute Gasteiger partial charge is 0.261 e. The molecule has 0 bridgehead atoms. The summed E-state index contributed by atoms with van der Waals surface area (Å²) in [5, 5.41) is 0.503. The molecule has 3 rings (SSSR count). The number of nitrogens with zero attached hydrogens (tertiary/aromatic N) is 2. The molecule has 0 atom stereocenters. The van der Waals surface area contributed by atoms with Gasteiger partial charge in [0.25, 0.3) is 11.5 Å². The molecule has 0 aliphatic rings. The molecule has 2 aromatic carbocycles. The maximum Gasteiger partial charge on any atom is 0.261 e. The zero-order valence-electron chi connectivity index (χ0n) is 13.7. The molecule has 7 heteroatoms. The van der Waals surface area contributed by atoms with E-state index in [-0.39, 0.29) is 11.5 Å². The van der Waals surface area contributed by atoms with Crippen molar-refractivity contribution in [1.82, 2.24) is 14.5 Å². The summed E-state index contributed by atoms with van der Waals surface area (Å²) >= 11 is 8.53. The molecule has 1 aromatic heterocycles. The summed E-state index contributed by atoms with van der Waals surface area (Å²) in [5.41, 5.74) is 1.93. The average Bonchev–Trinajstić information content (AvgIpc) is 2.60. The van der Waals surface area contributed by atoms with Crippen LogP contribution in [0.3, 0.4) is 0 Å². The van der Waals surface area contributed by atoms with Gasteiger partial charge in [-0.05, 0) is 48.1 Å². The number of carbonyl (C=O) groups excluding carboxylic acids is 1. The molecule has 1 N–H and O–H groups in total. The van der Waals surface area contributed by atoms with Crippen LogP contribution in [-0.4, -0.2) is 27.4 Å². The lowest BCUT2D eigenvalue weighted by Gasteiger charge is -2.17. The normalized spacial score (nSPS) is 10.8. The van der Waals surface area contributed by atoms with E-state index in [1.165, 1.54) is 4.57 Å². The van der Waals surface area contributed by atoms with Gasteiger partial charge < -0.3 is 9.88 Å². The molecule has 1 heterocycles. The first kappa shape index (κ1) is 17.6. The number of rotatable bonds is 3. The lowest BCUT2D eigenvalue weighted by Crippen LogP contribution is -2.26. The fourth-order valence-electron chi connectivity index (χ4n) is 2.60. The van der Waals surface area contributed by atoms with Crippen LogP contribution in [0.2, 0.25) is 0 Å². The highest BCUT2D eigenvalue weighted by Crippen LogP contribution is 2.15. The quantitative estimate of drug-likeness (QED) is 0.661. The molecule has 1 amide bonds. The molecule has 0 radical (unpaired) electrons. The van der Waals surface area contributed by atoms with E-state index in [1.807, 2.05) is 24.3 Å². The Morgan fingerprint density at radius 2 is 1.92 bits per heavy atom. The number of carbonyl (C=O) groups is 1. The Morgan fingerprint density at radius 1 is 1.24 bits per heavy atom. The van der Waals surface area contributed by atoms with Gasteiger partial charge in [0, 0.05) is 30.7 Å². The topological polar surface area (TPSA) is 58.1 Å². The average molecular weight is 418 g/mol. The molecule has 3 aromatic rings. The maximum atomic E-state index is 12.7. The molecule has 25 heavy (non-hydrogen) atoms. The van der Waals surface area contributed by atoms with Crippen molar-refractivity contribution < 1.29 is 4.79 Å². The Labute approximate surface area is 158 Å². The van der Waals surface area contributed by atoms with E-state index in [1.54, 1.807) is 37.2 Å². The molecule has 0 unspecified atom stereocenters. The third-order valence-corrected chi connectivity index (χ3v) is 4.93. The van der Waals surface area contributed by atoms with Gasteiger partial charge in [0.1, 0.15) is 0 Å². The van der Waals surface area contributed by atoms with Crippen molar-refractivity contribution in [3.63, 3.8) is 0 Å². The Kier molecular flexibility index (Phi) is 4.87. The fraction of sp³-hybridized carbons (Fsp3) is 0.167. The van der Waals surface area contributed by atoms with Crippen LogP contribution in [-0.2, 0) is 13.6 Å². The van der Waals surface area contributed by atoms with E-state index in [0.29, 0.717) is 27.8 Å². The van der Waals surface area contributed by atoms with Gasteiger partial charge in [0.05, 0.1) is 10.9 Å². The van der Waals surface area contributed by atoms with Gasteiger partial charge in [0.2, 0.25) is 0 Å². The Hall–Kier alpha value is -2.25. The predicted molar refractivity (Wildman–Crippen MR) is 104 cm³/mol. The molecular formula is C18H16BrN3O2S. The molecule has 0 aliphatic carbocycles. The van der Waals surface area contributed by atoms with Crippen molar-refractivity contribution >= 4 is 45.0 Å². The van der Waals surface area contributed by atoms with E-state index < -0.39 is 0 Å². The van der Waals surface area contributed by atoms with Crippen molar-refractivity contribution in [2.24, 2.45) is 7.05 Å². The van der Waals surface area contributed by atoms with Crippen LogP contribution in [0.1, 0.15) is 15.9 Å². The number of hydrogen-bond donors (Lipinski definition) is 1. The van der Waals surface area contributed by atoms with Gasteiger partial charge in [0.15, 0.2) is 4.77 Å². The van der Waals surface area contributed by atoms with Crippen molar-refractivity contribution in [2.75, 3.05) is 7.05 Å². The minimum Gasteiger partial charge on any atom is -0.337 e. The first-order chi connectivity index (χ1) is 11.9. The van der Waals surface area contributed by atoms with E-state index in [0.717, 1.165) is 10.0 Å². The highest BCUT2D eigenvalue weighted by atomic mass is 79.9. The first-order valence-electron chi connectivity index (χ1n) is 7.60. The standard InChI is InChI=1S/C18H16BrN3O2S/c1-21(10-11-3-6-13(19)7-4-11)16(23)12-5-8-14-15(9-12)20-18(25)22(2)17(14)24/h3-9H,10H2,1-2H3,(H,20,25). The summed E-state index contributed by atoms with van der Waals surface area (Å²) in [6, 6.07) is 12.8. The van der Waals surface area contributed by atoms with E-state index >= 15 is 0 Å². The van der Waals surface area contributed by atoms with Crippen LogP contribution < -0.4 is 5.56 Å². The zero-order valence-corrected chi connectivity index (χ0v) is 16.1. The summed E-state index contributed by atoms with van der Waals surface area (Å²) in [4.78, 5) is 29.5. The number of aromatic amines is 1. The van der Waals surface area contributed by atoms with Crippen molar-refractivity contribution in [3.8, 4) is 0 Å². The van der Waals surface area contributed by atoms with Crippen LogP contribution in [0.4, 0.5) is 0 Å². The summed E-state index contributed by atoms with van der Waals surface area (Å²) < 4.78 is 2.70. The Balaban J connectivity index is 1.91. The largest absolute Gasteiger partial charge is 0.337 e. The first-order valence-corrected chi connectivity index (χ1v) is 8.80. The van der Waals surface area contributed by atoms with Gasteiger partial charge >= 0.3 is 0 Å². The number of hydrogen-bond acceptors (Lipinski definition) is 3. The second-order valence-corrected chi connectivity index (χ2v) is 7.14. The fourth-order valence-corrected chi connectivity index (χ4v) is 3.05. The molecular weight excluding hydrogens is 402 g/mol. The minimum atomic E-state index is -0.180. The lowest BCUT2D eigenvalue weighted by molar-refractivity contribution is 0.0785. The Morgan fingerprint density at radius 3 is 2.60 bits per heavy atom. The van der Waals surface area contributed by atoms with E-state index in [9.17, 15) is 9.59 Å². The van der Waals surface area contributed by atoms with Gasteiger partial charge in [-0.1, -0.05) is 28.1 Å². The number of aromatic nitrogens is 2. The number of benzene rings is 2. The van der Waals surface area contributed by atoms with Crippen LogP contribution in [0, 0.1) is 4.77 Å². The SMILES string of the molecule is CN(Cc1ccc(Br)cc1)C(=O)c1ccc2c(=O)n(C)c(=S)[nH]c2c1. The Bertz CT molecular complexity index is 1070. The maximum absolute atomic E-state index is 12.7. The van der Waals surface area contributed by atoms with Gasteiger partial charge in [-0.2, -0.15) is 0 Å². The molecule has 0 aliphatic heterocycles. The number of H-pyrrole nitrogens is 1. The molecule has 5 nitrogen and oxygen atoms in total. The van der Waals surface area contributed by atoms with Crippen molar-refractivity contribution in [2.45, 2.75) is 6.54 Å². The van der Waals surface area contributed by atoms with Crippen LogP contribution in [0.5, 0.6) is 0 Å².